The summed E-state index contributed by atoms with van der Waals surface area (Å²) >= 11 is 0. The van der Waals surface area contributed by atoms with Gasteiger partial charge < -0.3 is 18.8 Å². The first-order chi connectivity index (χ1) is 12.3. The van der Waals surface area contributed by atoms with E-state index >= 15 is 0 Å². The van der Waals surface area contributed by atoms with Crippen molar-refractivity contribution in [3.8, 4) is 17.6 Å². The number of morpholine rings is 1. The molecule has 3 aromatic rings. The van der Waals surface area contributed by atoms with E-state index in [2.05, 4.69) is 26.7 Å². The molecule has 1 saturated heterocycles. The third-order valence-electron chi connectivity index (χ3n) is 4.03. The maximum atomic E-state index is 5.95. The van der Waals surface area contributed by atoms with Gasteiger partial charge in [0.1, 0.15) is 5.75 Å². The Hall–Kier alpha value is -3.04. The third kappa shape index (κ3) is 3.14. The number of ether oxygens (including phenoxy) is 2. The van der Waals surface area contributed by atoms with E-state index in [0.29, 0.717) is 36.0 Å². The van der Waals surface area contributed by atoms with Crippen LogP contribution in [-0.4, -0.2) is 43.4 Å². The molecule has 1 aromatic carbocycles. The van der Waals surface area contributed by atoms with Crippen LogP contribution in [0.5, 0.6) is 5.75 Å². The van der Waals surface area contributed by atoms with Gasteiger partial charge in [0.05, 0.1) is 26.0 Å². The molecular weight excluding hydrogens is 318 g/mol. The van der Waals surface area contributed by atoms with E-state index < -0.39 is 0 Å². The summed E-state index contributed by atoms with van der Waals surface area (Å²) in [6.07, 6.45) is 3.42. The largest absolute Gasteiger partial charge is 0.494 e. The minimum Gasteiger partial charge on any atom is -0.494 e. The molecule has 0 radical (unpaired) electrons. The summed E-state index contributed by atoms with van der Waals surface area (Å²) in [5.41, 5.74) is 3.17. The minimum atomic E-state index is 0.359. The highest BCUT2D eigenvalue weighted by atomic mass is 16.5. The van der Waals surface area contributed by atoms with Crippen molar-refractivity contribution >= 4 is 16.8 Å². The van der Waals surface area contributed by atoms with Crippen molar-refractivity contribution < 1.29 is 13.9 Å². The number of nitrogens with zero attached hydrogens (tertiary/aromatic N) is 3. The lowest BCUT2D eigenvalue weighted by Crippen LogP contribution is -2.36. The van der Waals surface area contributed by atoms with E-state index in [1.807, 2.05) is 24.3 Å². The number of pyridine rings is 1. The van der Waals surface area contributed by atoms with Crippen molar-refractivity contribution in [1.82, 2.24) is 9.97 Å². The zero-order valence-corrected chi connectivity index (χ0v) is 13.9. The molecule has 6 heteroatoms. The van der Waals surface area contributed by atoms with Gasteiger partial charge in [0.15, 0.2) is 11.1 Å². The lowest BCUT2D eigenvalue weighted by molar-refractivity contribution is 0.122. The van der Waals surface area contributed by atoms with E-state index in [1.54, 1.807) is 19.5 Å². The number of hydrogen-bond acceptors (Lipinski definition) is 6. The molecule has 0 amide bonds. The smallest absolute Gasteiger partial charge is 0.274 e. The summed E-state index contributed by atoms with van der Waals surface area (Å²) in [6.45, 7) is 3.04. The topological polar surface area (TPSA) is 60.6 Å². The van der Waals surface area contributed by atoms with Crippen LogP contribution < -0.4 is 9.64 Å². The normalized spacial score (nSPS) is 14.2. The van der Waals surface area contributed by atoms with E-state index in [-0.39, 0.29) is 0 Å². The summed E-state index contributed by atoms with van der Waals surface area (Å²) in [5, 5.41) is 0. The fourth-order valence-corrected chi connectivity index (χ4v) is 2.80. The third-order valence-corrected chi connectivity index (χ3v) is 4.03. The number of fused-ring (bicyclic) bond motifs is 1. The summed E-state index contributed by atoms with van der Waals surface area (Å²) in [6, 6.07) is 7.64. The fourth-order valence-electron chi connectivity index (χ4n) is 2.80. The Morgan fingerprint density at radius 3 is 2.80 bits per heavy atom. The van der Waals surface area contributed by atoms with E-state index in [1.165, 1.54) is 0 Å². The maximum Gasteiger partial charge on any atom is 0.274 e. The van der Waals surface area contributed by atoms with Gasteiger partial charge in [-0.2, -0.15) is 4.98 Å². The molecular formula is C19H17N3O3. The predicted octanol–water partition coefficient (Wildman–Crippen LogP) is 2.47. The Labute approximate surface area is 145 Å². The van der Waals surface area contributed by atoms with Gasteiger partial charge in [0, 0.05) is 31.0 Å². The Morgan fingerprint density at radius 1 is 1.16 bits per heavy atom. The molecule has 126 valence electrons. The van der Waals surface area contributed by atoms with Crippen LogP contribution in [0.4, 0.5) is 5.69 Å². The molecule has 0 aliphatic carbocycles. The van der Waals surface area contributed by atoms with Gasteiger partial charge in [-0.05, 0) is 30.2 Å². The number of oxazole rings is 1. The summed E-state index contributed by atoms with van der Waals surface area (Å²) in [4.78, 5) is 10.8. The number of hydrogen-bond donors (Lipinski definition) is 0. The van der Waals surface area contributed by atoms with Gasteiger partial charge in [-0.3, -0.25) is 4.98 Å². The van der Waals surface area contributed by atoms with Gasteiger partial charge in [-0.1, -0.05) is 5.92 Å². The van der Waals surface area contributed by atoms with Gasteiger partial charge in [-0.15, -0.1) is 0 Å². The Kier molecular flexibility index (Phi) is 4.23. The molecule has 2 aromatic heterocycles. The van der Waals surface area contributed by atoms with E-state index in [4.69, 9.17) is 13.9 Å². The van der Waals surface area contributed by atoms with Crippen molar-refractivity contribution in [2.45, 2.75) is 0 Å². The van der Waals surface area contributed by atoms with Crippen molar-refractivity contribution in [2.24, 2.45) is 0 Å². The SMILES string of the molecule is COc1ccc(N2CCOCC2)c2oc(C#Cc3cccnc3)nc12. The van der Waals surface area contributed by atoms with Crippen molar-refractivity contribution in [2.75, 3.05) is 38.3 Å². The summed E-state index contributed by atoms with van der Waals surface area (Å²) in [7, 11) is 1.62. The second-order valence-electron chi connectivity index (χ2n) is 5.57. The predicted molar refractivity (Wildman–Crippen MR) is 93.8 cm³/mol. The molecule has 25 heavy (non-hydrogen) atoms. The molecule has 0 atom stereocenters. The van der Waals surface area contributed by atoms with Crippen LogP contribution in [0.15, 0.2) is 41.1 Å². The van der Waals surface area contributed by atoms with Crippen LogP contribution in [0, 0.1) is 11.8 Å². The van der Waals surface area contributed by atoms with Gasteiger partial charge in [-0.25, -0.2) is 0 Å². The minimum absolute atomic E-state index is 0.359. The van der Waals surface area contributed by atoms with Crippen molar-refractivity contribution in [1.29, 1.82) is 0 Å². The summed E-state index contributed by atoms with van der Waals surface area (Å²) in [5.74, 6) is 7.01. The highest BCUT2D eigenvalue weighted by Gasteiger charge is 2.20. The maximum absolute atomic E-state index is 5.95. The molecule has 1 aliphatic heterocycles. The number of benzene rings is 1. The number of aromatic nitrogens is 2. The molecule has 0 N–H and O–H groups in total. The highest BCUT2D eigenvalue weighted by Crippen LogP contribution is 2.34. The van der Waals surface area contributed by atoms with Gasteiger partial charge in [0.2, 0.25) is 0 Å². The van der Waals surface area contributed by atoms with E-state index in [9.17, 15) is 0 Å². The Morgan fingerprint density at radius 2 is 2.04 bits per heavy atom. The molecule has 0 unspecified atom stereocenters. The molecule has 0 spiro atoms. The zero-order chi connectivity index (χ0) is 17.1. The lowest BCUT2D eigenvalue weighted by Gasteiger charge is -2.28. The number of methoxy groups -OCH3 is 1. The number of rotatable bonds is 2. The molecule has 0 saturated carbocycles. The lowest BCUT2D eigenvalue weighted by atomic mass is 10.2. The van der Waals surface area contributed by atoms with Crippen LogP contribution in [0.1, 0.15) is 11.5 Å². The first-order valence-electron chi connectivity index (χ1n) is 8.07. The molecule has 4 rings (SSSR count). The van der Waals surface area contributed by atoms with Crippen LogP contribution in [0.3, 0.4) is 0 Å². The molecule has 1 fully saturated rings. The zero-order valence-electron chi connectivity index (χ0n) is 13.9. The van der Waals surface area contributed by atoms with E-state index in [0.717, 1.165) is 24.3 Å². The second kappa shape index (κ2) is 6.83. The van der Waals surface area contributed by atoms with Crippen LogP contribution in [0.25, 0.3) is 11.1 Å². The first kappa shape index (κ1) is 15.5. The monoisotopic (exact) mass is 335 g/mol. The standard InChI is InChI=1S/C19H17N3O3/c1-23-16-6-5-15(22-9-11-24-12-10-22)19-18(16)21-17(25-19)7-4-14-3-2-8-20-13-14/h2-3,5-6,8,13H,9-12H2,1H3. The van der Waals surface area contributed by atoms with Crippen molar-refractivity contribution in [3.05, 3.63) is 48.1 Å². The second-order valence-corrected chi connectivity index (χ2v) is 5.57. The summed E-state index contributed by atoms with van der Waals surface area (Å²) < 4.78 is 16.8. The average molecular weight is 335 g/mol. The number of anilines is 1. The molecule has 6 nitrogen and oxygen atoms in total. The molecule has 1 aliphatic rings. The van der Waals surface area contributed by atoms with Gasteiger partial charge >= 0.3 is 0 Å². The average Bonchev–Trinajstić information content (AvgIpc) is 3.11. The Balaban J connectivity index is 1.76. The van der Waals surface area contributed by atoms with Crippen molar-refractivity contribution in [3.63, 3.8) is 0 Å². The molecule has 0 bridgehead atoms. The van der Waals surface area contributed by atoms with Crippen LogP contribution in [0.2, 0.25) is 0 Å². The van der Waals surface area contributed by atoms with Gasteiger partial charge in [0.25, 0.3) is 5.89 Å². The highest BCUT2D eigenvalue weighted by molar-refractivity contribution is 5.91. The van der Waals surface area contributed by atoms with Crippen LogP contribution in [-0.2, 0) is 4.74 Å². The first-order valence-corrected chi connectivity index (χ1v) is 8.07. The fraction of sp³-hybridized carbons (Fsp3) is 0.263. The quantitative estimate of drug-likeness (QED) is 0.671. The Bertz CT molecular complexity index is 935. The van der Waals surface area contributed by atoms with Crippen LogP contribution >= 0.6 is 0 Å². The molecule has 3 heterocycles.